The molecule has 0 atom stereocenters. The van der Waals surface area contributed by atoms with Crippen molar-refractivity contribution in [2.75, 3.05) is 0 Å². The molecule has 0 aliphatic rings. The monoisotopic (exact) mass is 177 g/mol. The molecule has 0 unspecified atom stereocenters. The van der Waals surface area contributed by atoms with Gasteiger partial charge in [0.15, 0.2) is 0 Å². The number of fused-ring (bicyclic) bond motifs is 1. The smallest absolute Gasteiger partial charge is 0.278 e. The van der Waals surface area contributed by atoms with Crippen molar-refractivity contribution < 1.29 is 4.79 Å². The van der Waals surface area contributed by atoms with Gasteiger partial charge < -0.3 is 9.78 Å². The van der Waals surface area contributed by atoms with Gasteiger partial charge in [-0.25, -0.2) is 4.98 Å². The first-order valence-corrected chi connectivity index (χ1v) is 3.79. The second-order valence-corrected chi connectivity index (χ2v) is 2.61. The number of nitrogens with zero attached hydrogens (tertiary/aromatic N) is 2. The van der Waals surface area contributed by atoms with Gasteiger partial charge in [-0.05, 0) is 6.07 Å². The lowest BCUT2D eigenvalue weighted by molar-refractivity contribution is -0.108. The van der Waals surface area contributed by atoms with E-state index in [0.29, 0.717) is 17.3 Å². The Balaban J connectivity index is 2.73. The molecule has 5 nitrogen and oxygen atoms in total. The van der Waals surface area contributed by atoms with Crippen molar-refractivity contribution >= 4 is 17.3 Å². The first-order chi connectivity index (χ1) is 6.33. The molecule has 0 spiro atoms. The Bertz CT molecular complexity index is 497. The standard InChI is InChI=1S/C8H7N3O2/c12-4-3-11-5-10-6-1-2-9-7(6)8(11)13/h1-2,4-5,9H,3H2. The van der Waals surface area contributed by atoms with Crippen LogP contribution in [0, 0.1) is 0 Å². The van der Waals surface area contributed by atoms with E-state index >= 15 is 0 Å². The number of hydrogen-bond acceptors (Lipinski definition) is 3. The number of aldehydes is 1. The molecule has 13 heavy (non-hydrogen) atoms. The van der Waals surface area contributed by atoms with E-state index in [1.165, 1.54) is 10.9 Å². The minimum atomic E-state index is -0.220. The maximum atomic E-state index is 11.5. The van der Waals surface area contributed by atoms with Crippen LogP contribution in [0.2, 0.25) is 0 Å². The molecule has 2 heterocycles. The van der Waals surface area contributed by atoms with Crippen LogP contribution in [-0.4, -0.2) is 20.8 Å². The Morgan fingerprint density at radius 3 is 3.23 bits per heavy atom. The van der Waals surface area contributed by atoms with Crippen molar-refractivity contribution in [2.45, 2.75) is 6.54 Å². The molecule has 0 saturated heterocycles. The number of carbonyl (C=O) groups excluding carboxylic acids is 1. The van der Waals surface area contributed by atoms with Gasteiger partial charge in [-0.15, -0.1) is 0 Å². The largest absolute Gasteiger partial charge is 0.355 e. The molecule has 0 amide bonds. The first kappa shape index (κ1) is 7.72. The zero-order valence-electron chi connectivity index (χ0n) is 6.73. The molecule has 0 aromatic carbocycles. The molecule has 2 rings (SSSR count). The highest BCUT2D eigenvalue weighted by Gasteiger charge is 2.02. The second-order valence-electron chi connectivity index (χ2n) is 2.61. The highest BCUT2D eigenvalue weighted by molar-refractivity contribution is 5.73. The van der Waals surface area contributed by atoms with Crippen LogP contribution >= 0.6 is 0 Å². The predicted octanol–water partition coefficient (Wildman–Crippen LogP) is -0.0765. The number of aromatic amines is 1. The molecular weight excluding hydrogens is 170 g/mol. The van der Waals surface area contributed by atoms with Gasteiger partial charge in [-0.3, -0.25) is 9.36 Å². The van der Waals surface area contributed by atoms with E-state index in [-0.39, 0.29) is 12.1 Å². The van der Waals surface area contributed by atoms with Crippen molar-refractivity contribution in [1.29, 1.82) is 0 Å². The van der Waals surface area contributed by atoms with Crippen LogP contribution in [0.3, 0.4) is 0 Å². The highest BCUT2D eigenvalue weighted by atomic mass is 16.1. The molecule has 0 fully saturated rings. The van der Waals surface area contributed by atoms with Crippen molar-refractivity contribution in [1.82, 2.24) is 14.5 Å². The van der Waals surface area contributed by atoms with Crippen LogP contribution in [0.25, 0.3) is 11.0 Å². The van der Waals surface area contributed by atoms with Crippen LogP contribution in [0.1, 0.15) is 0 Å². The average Bonchev–Trinajstić information content (AvgIpc) is 2.58. The number of H-pyrrole nitrogens is 1. The predicted molar refractivity (Wildman–Crippen MR) is 46.4 cm³/mol. The Hall–Kier alpha value is -1.91. The van der Waals surface area contributed by atoms with E-state index in [1.807, 2.05) is 0 Å². The van der Waals surface area contributed by atoms with E-state index in [4.69, 9.17) is 0 Å². The number of rotatable bonds is 2. The lowest BCUT2D eigenvalue weighted by atomic mass is 10.4. The molecule has 66 valence electrons. The summed E-state index contributed by atoms with van der Waals surface area (Å²) in [6, 6.07) is 1.71. The molecule has 2 aromatic rings. The van der Waals surface area contributed by atoms with Crippen LogP contribution in [0.5, 0.6) is 0 Å². The Morgan fingerprint density at radius 1 is 1.62 bits per heavy atom. The van der Waals surface area contributed by atoms with Crippen molar-refractivity contribution in [2.24, 2.45) is 0 Å². The Morgan fingerprint density at radius 2 is 2.46 bits per heavy atom. The highest BCUT2D eigenvalue weighted by Crippen LogP contribution is 2.01. The zero-order valence-corrected chi connectivity index (χ0v) is 6.73. The van der Waals surface area contributed by atoms with Crippen molar-refractivity contribution in [3.05, 3.63) is 28.9 Å². The summed E-state index contributed by atoms with van der Waals surface area (Å²) in [5.74, 6) is 0. The number of nitrogens with one attached hydrogen (secondary N) is 1. The quantitative estimate of drug-likeness (QED) is 0.652. The van der Waals surface area contributed by atoms with Gasteiger partial charge in [0.1, 0.15) is 11.8 Å². The minimum absolute atomic E-state index is 0.0425. The van der Waals surface area contributed by atoms with E-state index in [1.54, 1.807) is 12.3 Å². The van der Waals surface area contributed by atoms with Gasteiger partial charge in [0.25, 0.3) is 5.56 Å². The SMILES string of the molecule is O=CCn1cnc2cc[nH]c2c1=O. The molecule has 0 saturated carbocycles. The Labute approximate surface area is 73.0 Å². The summed E-state index contributed by atoms with van der Waals surface area (Å²) < 4.78 is 1.26. The van der Waals surface area contributed by atoms with Crippen molar-refractivity contribution in [3.63, 3.8) is 0 Å². The van der Waals surface area contributed by atoms with Gasteiger partial charge in [0, 0.05) is 6.20 Å². The van der Waals surface area contributed by atoms with Crippen LogP contribution < -0.4 is 5.56 Å². The first-order valence-electron chi connectivity index (χ1n) is 3.79. The van der Waals surface area contributed by atoms with E-state index < -0.39 is 0 Å². The lowest BCUT2D eigenvalue weighted by Crippen LogP contribution is -2.21. The average molecular weight is 177 g/mol. The molecule has 0 aliphatic carbocycles. The lowest BCUT2D eigenvalue weighted by Gasteiger charge is -1.97. The van der Waals surface area contributed by atoms with Gasteiger partial charge in [0.05, 0.1) is 18.4 Å². The molecular formula is C8H7N3O2. The topological polar surface area (TPSA) is 67.8 Å². The van der Waals surface area contributed by atoms with Crippen LogP contribution in [0.15, 0.2) is 23.4 Å². The second kappa shape index (κ2) is 2.85. The van der Waals surface area contributed by atoms with Gasteiger partial charge in [-0.1, -0.05) is 0 Å². The maximum absolute atomic E-state index is 11.5. The summed E-state index contributed by atoms with van der Waals surface area (Å²) in [6.07, 6.45) is 3.68. The summed E-state index contributed by atoms with van der Waals surface area (Å²) in [7, 11) is 0. The third-order valence-corrected chi connectivity index (χ3v) is 1.81. The third-order valence-electron chi connectivity index (χ3n) is 1.81. The zero-order chi connectivity index (χ0) is 9.26. The fourth-order valence-electron chi connectivity index (χ4n) is 1.18. The van der Waals surface area contributed by atoms with Gasteiger partial charge in [-0.2, -0.15) is 0 Å². The van der Waals surface area contributed by atoms with Gasteiger partial charge >= 0.3 is 0 Å². The van der Waals surface area contributed by atoms with Crippen LogP contribution in [-0.2, 0) is 11.3 Å². The minimum Gasteiger partial charge on any atom is -0.355 e. The van der Waals surface area contributed by atoms with E-state index in [9.17, 15) is 9.59 Å². The number of carbonyl (C=O) groups is 1. The summed E-state index contributed by atoms with van der Waals surface area (Å²) >= 11 is 0. The molecule has 0 bridgehead atoms. The summed E-state index contributed by atoms with van der Waals surface area (Å²) in [5.41, 5.74) is 0.832. The normalized spacial score (nSPS) is 10.5. The maximum Gasteiger partial charge on any atom is 0.278 e. The third kappa shape index (κ3) is 1.14. The molecule has 0 radical (unpaired) electrons. The van der Waals surface area contributed by atoms with E-state index in [0.717, 1.165) is 0 Å². The summed E-state index contributed by atoms with van der Waals surface area (Å²) in [4.78, 5) is 28.5. The molecule has 0 aliphatic heterocycles. The van der Waals surface area contributed by atoms with Crippen LogP contribution in [0.4, 0.5) is 0 Å². The number of hydrogen-bond donors (Lipinski definition) is 1. The summed E-state index contributed by atoms with van der Waals surface area (Å²) in [6.45, 7) is 0.0425. The molecule has 2 aromatic heterocycles. The number of aromatic nitrogens is 3. The molecule has 1 N–H and O–H groups in total. The fraction of sp³-hybridized carbons (Fsp3) is 0.125. The van der Waals surface area contributed by atoms with Gasteiger partial charge in [0.2, 0.25) is 0 Å². The fourth-order valence-corrected chi connectivity index (χ4v) is 1.18. The van der Waals surface area contributed by atoms with E-state index in [2.05, 4.69) is 9.97 Å². The summed E-state index contributed by atoms with van der Waals surface area (Å²) in [5, 5.41) is 0. The van der Waals surface area contributed by atoms with Crippen molar-refractivity contribution in [3.8, 4) is 0 Å². The molecule has 5 heteroatoms. The Kier molecular flexibility index (Phi) is 1.70.